The summed E-state index contributed by atoms with van der Waals surface area (Å²) in [6, 6.07) is 4.17. The molecule has 0 amide bonds. The standard InChI is InChI=1S/C10H14FNO2/c1-7(12)9-3-2-8(6-10(9)11)14-5-4-13/h2-3,6-7,13H,4-5,12H2,1H3/t7-/m0/s1. The minimum atomic E-state index is -0.379. The first-order chi connectivity index (χ1) is 6.65. The highest BCUT2D eigenvalue weighted by atomic mass is 19.1. The van der Waals surface area contributed by atoms with E-state index in [9.17, 15) is 4.39 Å². The lowest BCUT2D eigenvalue weighted by atomic mass is 10.1. The summed E-state index contributed by atoms with van der Waals surface area (Å²) >= 11 is 0. The second kappa shape index (κ2) is 4.93. The summed E-state index contributed by atoms with van der Waals surface area (Å²) in [7, 11) is 0. The maximum atomic E-state index is 13.3. The van der Waals surface area contributed by atoms with Crippen molar-refractivity contribution < 1.29 is 14.2 Å². The average Bonchev–Trinajstić information content (AvgIpc) is 2.14. The third-order valence-corrected chi connectivity index (χ3v) is 1.82. The van der Waals surface area contributed by atoms with Crippen LogP contribution in [0.4, 0.5) is 4.39 Å². The molecule has 14 heavy (non-hydrogen) atoms. The molecule has 0 aromatic heterocycles. The summed E-state index contributed by atoms with van der Waals surface area (Å²) in [6.45, 7) is 1.79. The molecule has 0 heterocycles. The molecule has 1 atom stereocenters. The Balaban J connectivity index is 2.78. The normalized spacial score (nSPS) is 12.6. The van der Waals surface area contributed by atoms with Gasteiger partial charge in [0, 0.05) is 17.7 Å². The molecule has 1 aromatic rings. The fourth-order valence-corrected chi connectivity index (χ4v) is 1.13. The van der Waals surface area contributed by atoms with Crippen LogP contribution >= 0.6 is 0 Å². The third kappa shape index (κ3) is 2.68. The monoisotopic (exact) mass is 199 g/mol. The van der Waals surface area contributed by atoms with Crippen LogP contribution in [0.2, 0.25) is 0 Å². The average molecular weight is 199 g/mol. The third-order valence-electron chi connectivity index (χ3n) is 1.82. The second-order valence-corrected chi connectivity index (χ2v) is 3.04. The highest BCUT2D eigenvalue weighted by Crippen LogP contribution is 2.20. The van der Waals surface area contributed by atoms with Crippen LogP contribution in [-0.4, -0.2) is 18.3 Å². The van der Waals surface area contributed by atoms with E-state index >= 15 is 0 Å². The molecule has 78 valence electrons. The zero-order chi connectivity index (χ0) is 10.6. The van der Waals surface area contributed by atoms with Crippen LogP contribution in [0.1, 0.15) is 18.5 Å². The van der Waals surface area contributed by atoms with Gasteiger partial charge < -0.3 is 15.6 Å². The quantitative estimate of drug-likeness (QED) is 0.766. The van der Waals surface area contributed by atoms with Crippen LogP contribution in [-0.2, 0) is 0 Å². The van der Waals surface area contributed by atoms with Crippen molar-refractivity contribution >= 4 is 0 Å². The molecule has 0 saturated heterocycles. The minimum absolute atomic E-state index is 0.0866. The summed E-state index contributed by atoms with van der Waals surface area (Å²) < 4.78 is 18.3. The fourth-order valence-electron chi connectivity index (χ4n) is 1.13. The van der Waals surface area contributed by atoms with Gasteiger partial charge in [-0.2, -0.15) is 0 Å². The molecule has 0 bridgehead atoms. The minimum Gasteiger partial charge on any atom is -0.491 e. The molecule has 0 aliphatic heterocycles. The van der Waals surface area contributed by atoms with Gasteiger partial charge in [-0.3, -0.25) is 0 Å². The zero-order valence-corrected chi connectivity index (χ0v) is 8.03. The van der Waals surface area contributed by atoms with E-state index in [0.29, 0.717) is 11.3 Å². The molecular weight excluding hydrogens is 185 g/mol. The fraction of sp³-hybridized carbons (Fsp3) is 0.400. The Bertz CT molecular complexity index is 302. The summed E-state index contributed by atoms with van der Waals surface area (Å²) in [6.07, 6.45) is 0. The van der Waals surface area contributed by atoms with Crippen molar-refractivity contribution in [3.05, 3.63) is 29.6 Å². The van der Waals surface area contributed by atoms with Gasteiger partial charge in [0.1, 0.15) is 18.2 Å². The summed E-state index contributed by atoms with van der Waals surface area (Å²) in [4.78, 5) is 0. The lowest BCUT2D eigenvalue weighted by molar-refractivity contribution is 0.201. The lowest BCUT2D eigenvalue weighted by Crippen LogP contribution is -2.08. The van der Waals surface area contributed by atoms with Crippen molar-refractivity contribution in [3.63, 3.8) is 0 Å². The number of rotatable bonds is 4. The van der Waals surface area contributed by atoms with Crippen LogP contribution in [0, 0.1) is 5.82 Å². The topological polar surface area (TPSA) is 55.5 Å². The van der Waals surface area contributed by atoms with Gasteiger partial charge in [-0.1, -0.05) is 6.07 Å². The van der Waals surface area contributed by atoms with E-state index in [2.05, 4.69) is 0 Å². The van der Waals surface area contributed by atoms with Crippen LogP contribution in [0.5, 0.6) is 5.75 Å². The molecule has 3 N–H and O–H groups in total. The van der Waals surface area contributed by atoms with E-state index in [-0.39, 0.29) is 25.1 Å². The van der Waals surface area contributed by atoms with Crippen LogP contribution in [0.25, 0.3) is 0 Å². The van der Waals surface area contributed by atoms with Gasteiger partial charge in [-0.05, 0) is 13.0 Å². The first-order valence-corrected chi connectivity index (χ1v) is 4.44. The van der Waals surface area contributed by atoms with Crippen molar-refractivity contribution in [2.24, 2.45) is 5.73 Å². The molecule has 0 saturated carbocycles. The number of aliphatic hydroxyl groups is 1. The Morgan fingerprint density at radius 1 is 1.57 bits per heavy atom. The van der Waals surface area contributed by atoms with Gasteiger partial charge in [-0.25, -0.2) is 4.39 Å². The Morgan fingerprint density at radius 3 is 2.79 bits per heavy atom. The number of nitrogens with two attached hydrogens (primary N) is 1. The largest absolute Gasteiger partial charge is 0.491 e. The highest BCUT2D eigenvalue weighted by molar-refractivity contribution is 5.30. The smallest absolute Gasteiger partial charge is 0.131 e. The Labute approximate surface area is 82.3 Å². The van der Waals surface area contributed by atoms with Gasteiger partial charge in [0.25, 0.3) is 0 Å². The first kappa shape index (κ1) is 10.9. The van der Waals surface area contributed by atoms with Crippen LogP contribution < -0.4 is 10.5 Å². The lowest BCUT2D eigenvalue weighted by Gasteiger charge is -2.09. The van der Waals surface area contributed by atoms with Crippen molar-refractivity contribution in [2.75, 3.05) is 13.2 Å². The summed E-state index contributed by atoms with van der Waals surface area (Å²) in [5, 5.41) is 8.50. The van der Waals surface area contributed by atoms with Gasteiger partial charge in [0.15, 0.2) is 0 Å². The van der Waals surface area contributed by atoms with Gasteiger partial charge in [0.05, 0.1) is 6.61 Å². The van der Waals surface area contributed by atoms with E-state index in [1.807, 2.05) is 0 Å². The molecule has 1 aromatic carbocycles. The molecule has 0 fully saturated rings. The molecule has 3 nitrogen and oxygen atoms in total. The Kier molecular flexibility index (Phi) is 3.85. The van der Waals surface area contributed by atoms with Crippen LogP contribution in [0.3, 0.4) is 0 Å². The van der Waals surface area contributed by atoms with Crippen molar-refractivity contribution in [1.29, 1.82) is 0 Å². The van der Waals surface area contributed by atoms with Gasteiger partial charge in [-0.15, -0.1) is 0 Å². The molecule has 1 rings (SSSR count). The van der Waals surface area contributed by atoms with Crippen molar-refractivity contribution in [1.82, 2.24) is 0 Å². The van der Waals surface area contributed by atoms with E-state index < -0.39 is 0 Å². The predicted octanol–water partition coefficient (Wildman–Crippen LogP) is 1.22. The molecule has 0 unspecified atom stereocenters. The SMILES string of the molecule is C[C@H](N)c1ccc(OCCO)cc1F. The molecular formula is C10H14FNO2. The van der Waals surface area contributed by atoms with E-state index in [4.69, 9.17) is 15.6 Å². The number of benzene rings is 1. The Morgan fingerprint density at radius 2 is 2.29 bits per heavy atom. The second-order valence-electron chi connectivity index (χ2n) is 3.04. The Hall–Kier alpha value is -1.13. The van der Waals surface area contributed by atoms with Crippen molar-refractivity contribution in [2.45, 2.75) is 13.0 Å². The number of hydrogen-bond donors (Lipinski definition) is 2. The molecule has 0 aliphatic rings. The molecule has 0 radical (unpaired) electrons. The number of hydrogen-bond acceptors (Lipinski definition) is 3. The zero-order valence-electron chi connectivity index (χ0n) is 8.03. The van der Waals surface area contributed by atoms with E-state index in [1.54, 1.807) is 19.1 Å². The number of aliphatic hydroxyl groups excluding tert-OH is 1. The van der Waals surface area contributed by atoms with Gasteiger partial charge in [0.2, 0.25) is 0 Å². The number of halogens is 1. The first-order valence-electron chi connectivity index (χ1n) is 4.44. The van der Waals surface area contributed by atoms with Crippen molar-refractivity contribution in [3.8, 4) is 5.75 Å². The van der Waals surface area contributed by atoms with Gasteiger partial charge >= 0.3 is 0 Å². The highest BCUT2D eigenvalue weighted by Gasteiger charge is 2.07. The van der Waals surface area contributed by atoms with E-state index in [0.717, 1.165) is 0 Å². The predicted molar refractivity (Wildman–Crippen MR) is 51.6 cm³/mol. The summed E-state index contributed by atoms with van der Waals surface area (Å²) in [5.41, 5.74) is 6.00. The molecule has 4 heteroatoms. The van der Waals surface area contributed by atoms with Crippen LogP contribution in [0.15, 0.2) is 18.2 Å². The number of ether oxygens (including phenoxy) is 1. The molecule has 0 aliphatic carbocycles. The summed E-state index contributed by atoms with van der Waals surface area (Å²) in [5.74, 6) is 0.0244. The maximum absolute atomic E-state index is 13.3. The van der Waals surface area contributed by atoms with E-state index in [1.165, 1.54) is 6.07 Å². The maximum Gasteiger partial charge on any atom is 0.131 e. The molecule has 0 spiro atoms.